The first kappa shape index (κ1) is 26.3. The van der Waals surface area contributed by atoms with Gasteiger partial charge in [0.25, 0.3) is 0 Å². The molecule has 8 heteroatoms. The molecule has 0 radical (unpaired) electrons. The lowest BCUT2D eigenvalue weighted by atomic mass is 10.1. The highest BCUT2D eigenvalue weighted by atomic mass is 127. The fourth-order valence-electron chi connectivity index (χ4n) is 3.91. The number of hydrogen-bond acceptors (Lipinski definition) is 5. The van der Waals surface area contributed by atoms with Gasteiger partial charge in [0.15, 0.2) is 5.96 Å². The zero-order valence-electron chi connectivity index (χ0n) is 19.1. The summed E-state index contributed by atoms with van der Waals surface area (Å²) < 4.78 is 16.2. The molecule has 2 fully saturated rings. The molecule has 31 heavy (non-hydrogen) atoms. The van der Waals surface area contributed by atoms with E-state index < -0.39 is 0 Å². The predicted molar refractivity (Wildman–Crippen MR) is 135 cm³/mol. The van der Waals surface area contributed by atoms with E-state index in [1.165, 1.54) is 11.1 Å². The summed E-state index contributed by atoms with van der Waals surface area (Å²) >= 11 is 0. The molecule has 2 saturated heterocycles. The summed E-state index contributed by atoms with van der Waals surface area (Å²) in [7, 11) is 1.71. The van der Waals surface area contributed by atoms with E-state index in [-0.39, 0.29) is 24.0 Å². The van der Waals surface area contributed by atoms with Gasteiger partial charge in [-0.3, -0.25) is 4.90 Å². The Morgan fingerprint density at radius 2 is 1.87 bits per heavy atom. The second-order valence-corrected chi connectivity index (χ2v) is 8.04. The average Bonchev–Trinajstić information content (AvgIpc) is 3.25. The van der Waals surface area contributed by atoms with Gasteiger partial charge >= 0.3 is 0 Å². The Labute approximate surface area is 204 Å². The highest BCUT2D eigenvalue weighted by Crippen LogP contribution is 2.17. The Morgan fingerprint density at radius 3 is 2.58 bits per heavy atom. The molecule has 2 heterocycles. The van der Waals surface area contributed by atoms with Gasteiger partial charge in [-0.05, 0) is 24.5 Å². The zero-order chi connectivity index (χ0) is 21.0. The fourth-order valence-corrected chi connectivity index (χ4v) is 3.91. The normalized spacial score (nSPS) is 20.0. The molecule has 1 unspecified atom stereocenters. The summed E-state index contributed by atoms with van der Waals surface area (Å²) in [6.45, 7) is 12.6. The largest absolute Gasteiger partial charge is 0.382 e. The molecule has 1 aromatic carbocycles. The van der Waals surface area contributed by atoms with Crippen molar-refractivity contribution in [1.82, 2.24) is 15.1 Å². The SMILES string of the molecule is CCNC(=NCc1ccc(CN2CCOCC2)cc1)N1CCC(COCCOC)C1.I. The summed E-state index contributed by atoms with van der Waals surface area (Å²) in [4.78, 5) is 9.71. The van der Waals surface area contributed by atoms with Gasteiger partial charge in [0.1, 0.15) is 0 Å². The van der Waals surface area contributed by atoms with E-state index >= 15 is 0 Å². The third kappa shape index (κ3) is 9.21. The molecule has 0 aromatic heterocycles. The molecule has 0 bridgehead atoms. The number of ether oxygens (including phenoxy) is 3. The molecule has 1 aromatic rings. The van der Waals surface area contributed by atoms with Crippen LogP contribution in [0, 0.1) is 5.92 Å². The first-order chi connectivity index (χ1) is 14.8. The van der Waals surface area contributed by atoms with Crippen LogP contribution in [-0.2, 0) is 27.3 Å². The lowest BCUT2D eigenvalue weighted by Gasteiger charge is -2.26. The van der Waals surface area contributed by atoms with E-state index in [1.54, 1.807) is 7.11 Å². The van der Waals surface area contributed by atoms with E-state index in [0.717, 1.165) is 71.5 Å². The second kappa shape index (κ2) is 15.0. The van der Waals surface area contributed by atoms with Gasteiger partial charge in [-0.15, -0.1) is 24.0 Å². The number of morpholine rings is 1. The summed E-state index contributed by atoms with van der Waals surface area (Å²) in [5, 5.41) is 3.45. The van der Waals surface area contributed by atoms with E-state index in [1.807, 2.05) is 0 Å². The van der Waals surface area contributed by atoms with Crippen LogP contribution in [0.4, 0.5) is 0 Å². The van der Waals surface area contributed by atoms with Crippen LogP contribution in [0.5, 0.6) is 0 Å². The number of methoxy groups -OCH3 is 1. The van der Waals surface area contributed by atoms with Gasteiger partial charge in [-0.2, -0.15) is 0 Å². The number of halogens is 1. The minimum atomic E-state index is 0. The van der Waals surface area contributed by atoms with Crippen molar-refractivity contribution in [2.75, 3.05) is 72.9 Å². The van der Waals surface area contributed by atoms with Crippen molar-refractivity contribution in [3.8, 4) is 0 Å². The molecule has 0 amide bonds. The van der Waals surface area contributed by atoms with Gasteiger partial charge in [0.2, 0.25) is 0 Å². The number of benzene rings is 1. The number of rotatable bonds is 10. The van der Waals surface area contributed by atoms with Crippen LogP contribution in [-0.4, -0.2) is 88.6 Å². The van der Waals surface area contributed by atoms with Crippen molar-refractivity contribution in [3.63, 3.8) is 0 Å². The number of hydrogen-bond donors (Lipinski definition) is 1. The van der Waals surface area contributed by atoms with Crippen LogP contribution in [0.3, 0.4) is 0 Å². The predicted octanol–water partition coefficient (Wildman–Crippen LogP) is 2.59. The minimum absolute atomic E-state index is 0. The van der Waals surface area contributed by atoms with Crippen molar-refractivity contribution < 1.29 is 14.2 Å². The molecule has 0 spiro atoms. The molecule has 176 valence electrons. The van der Waals surface area contributed by atoms with Crippen molar-refractivity contribution in [2.45, 2.75) is 26.4 Å². The zero-order valence-corrected chi connectivity index (χ0v) is 21.4. The van der Waals surface area contributed by atoms with E-state index in [9.17, 15) is 0 Å². The third-order valence-corrected chi connectivity index (χ3v) is 5.65. The summed E-state index contributed by atoms with van der Waals surface area (Å²) in [5.74, 6) is 1.57. The Hall–Kier alpha value is -0.940. The number of aliphatic imine (C=N–C) groups is 1. The molecule has 1 N–H and O–H groups in total. The number of guanidine groups is 1. The summed E-state index contributed by atoms with van der Waals surface area (Å²) in [6, 6.07) is 8.88. The summed E-state index contributed by atoms with van der Waals surface area (Å²) in [5.41, 5.74) is 2.60. The van der Waals surface area contributed by atoms with Gasteiger partial charge in [0, 0.05) is 52.3 Å². The first-order valence-electron chi connectivity index (χ1n) is 11.3. The van der Waals surface area contributed by atoms with Crippen LogP contribution in [0.15, 0.2) is 29.3 Å². The topological polar surface area (TPSA) is 58.6 Å². The quantitative estimate of drug-likeness (QED) is 0.211. The molecule has 0 aliphatic carbocycles. The molecular formula is C23H39IN4O3. The van der Waals surface area contributed by atoms with Crippen LogP contribution in [0.2, 0.25) is 0 Å². The van der Waals surface area contributed by atoms with E-state index in [4.69, 9.17) is 19.2 Å². The van der Waals surface area contributed by atoms with Crippen molar-refractivity contribution in [3.05, 3.63) is 35.4 Å². The lowest BCUT2D eigenvalue weighted by Crippen LogP contribution is -2.40. The molecule has 2 aliphatic rings. The monoisotopic (exact) mass is 546 g/mol. The van der Waals surface area contributed by atoms with E-state index in [0.29, 0.717) is 25.7 Å². The Morgan fingerprint density at radius 1 is 1.13 bits per heavy atom. The Bertz CT molecular complexity index is 638. The number of likely N-dealkylation sites (tertiary alicyclic amines) is 1. The van der Waals surface area contributed by atoms with Gasteiger partial charge in [-0.25, -0.2) is 4.99 Å². The number of nitrogens with one attached hydrogen (secondary N) is 1. The Kier molecular flexibility index (Phi) is 12.7. The highest BCUT2D eigenvalue weighted by Gasteiger charge is 2.25. The second-order valence-electron chi connectivity index (χ2n) is 8.04. The van der Waals surface area contributed by atoms with Gasteiger partial charge in [0.05, 0.1) is 39.6 Å². The molecule has 7 nitrogen and oxygen atoms in total. The van der Waals surface area contributed by atoms with Gasteiger partial charge < -0.3 is 24.4 Å². The maximum Gasteiger partial charge on any atom is 0.194 e. The maximum absolute atomic E-state index is 5.72. The van der Waals surface area contributed by atoms with Crippen LogP contribution in [0.1, 0.15) is 24.5 Å². The van der Waals surface area contributed by atoms with Gasteiger partial charge in [-0.1, -0.05) is 24.3 Å². The molecule has 0 saturated carbocycles. The number of nitrogens with zero attached hydrogens (tertiary/aromatic N) is 3. The van der Waals surface area contributed by atoms with E-state index in [2.05, 4.69) is 46.3 Å². The van der Waals surface area contributed by atoms with Crippen molar-refractivity contribution >= 4 is 29.9 Å². The minimum Gasteiger partial charge on any atom is -0.382 e. The lowest BCUT2D eigenvalue weighted by molar-refractivity contribution is 0.0342. The third-order valence-electron chi connectivity index (χ3n) is 5.65. The highest BCUT2D eigenvalue weighted by molar-refractivity contribution is 14.0. The average molecular weight is 546 g/mol. The molecule has 1 atom stereocenters. The smallest absolute Gasteiger partial charge is 0.194 e. The van der Waals surface area contributed by atoms with Crippen LogP contribution >= 0.6 is 24.0 Å². The standard InChI is InChI=1S/C23H38N4O3.HI/c1-3-24-23(27-9-8-22(18-27)19-30-15-14-28-2)25-16-20-4-6-21(7-5-20)17-26-10-12-29-13-11-26;/h4-7,22H,3,8-19H2,1-2H3,(H,24,25);1H. The summed E-state index contributed by atoms with van der Waals surface area (Å²) in [6.07, 6.45) is 1.15. The molecule has 2 aliphatic heterocycles. The van der Waals surface area contributed by atoms with Crippen molar-refractivity contribution in [1.29, 1.82) is 0 Å². The maximum atomic E-state index is 5.72. The molecular weight excluding hydrogens is 507 g/mol. The fraction of sp³-hybridized carbons (Fsp3) is 0.696. The van der Waals surface area contributed by atoms with Crippen molar-refractivity contribution in [2.24, 2.45) is 10.9 Å². The Balaban J connectivity index is 0.00000341. The van der Waals surface area contributed by atoms with Crippen LogP contribution in [0.25, 0.3) is 0 Å². The van der Waals surface area contributed by atoms with Crippen LogP contribution < -0.4 is 5.32 Å². The molecule has 3 rings (SSSR count). The first-order valence-corrected chi connectivity index (χ1v) is 11.3.